The number of ether oxygens (including phenoxy) is 1. The minimum absolute atomic E-state index is 0.0891. The molecule has 0 unspecified atom stereocenters. The first kappa shape index (κ1) is 20.7. The molecule has 0 saturated carbocycles. The molecule has 3 heterocycles. The highest BCUT2D eigenvalue weighted by Gasteiger charge is 2.24. The Balaban J connectivity index is 1.46. The quantitative estimate of drug-likeness (QED) is 0.572. The van der Waals surface area contributed by atoms with Crippen molar-refractivity contribution in [2.24, 2.45) is 7.05 Å². The fourth-order valence-electron chi connectivity index (χ4n) is 3.64. The summed E-state index contributed by atoms with van der Waals surface area (Å²) >= 11 is 0. The number of hydrogen-bond donors (Lipinski definition) is 0. The number of carbonyl (C=O) groups is 1. The third-order valence-electron chi connectivity index (χ3n) is 5.46. The highest BCUT2D eigenvalue weighted by atomic mass is 16.5. The first-order chi connectivity index (χ1) is 15.0. The van der Waals surface area contributed by atoms with E-state index in [1.165, 1.54) is 19.2 Å². The molecule has 31 heavy (non-hydrogen) atoms. The van der Waals surface area contributed by atoms with Gasteiger partial charge in [0.25, 0.3) is 17.0 Å². The van der Waals surface area contributed by atoms with Gasteiger partial charge in [-0.15, -0.1) is 0 Å². The molecule has 1 fully saturated rings. The lowest BCUT2D eigenvalue weighted by Crippen LogP contribution is -2.49. The first-order valence-electron chi connectivity index (χ1n) is 10.0. The van der Waals surface area contributed by atoms with Gasteiger partial charge in [-0.1, -0.05) is 0 Å². The van der Waals surface area contributed by atoms with Gasteiger partial charge in [-0.2, -0.15) is 5.10 Å². The van der Waals surface area contributed by atoms with Crippen LogP contribution in [-0.2, 0) is 18.3 Å². The van der Waals surface area contributed by atoms with Crippen molar-refractivity contribution in [2.75, 3.05) is 44.8 Å². The Bertz CT molecular complexity index is 1230. The second-order valence-electron chi connectivity index (χ2n) is 7.40. The van der Waals surface area contributed by atoms with E-state index in [2.05, 4.69) is 15.0 Å². The van der Waals surface area contributed by atoms with Crippen LogP contribution in [0.5, 0.6) is 0 Å². The monoisotopic (exact) mass is 424 g/mol. The van der Waals surface area contributed by atoms with Gasteiger partial charge in [0.1, 0.15) is 5.69 Å². The molecule has 10 heteroatoms. The number of aromatic nitrogens is 4. The van der Waals surface area contributed by atoms with Crippen LogP contribution in [0.1, 0.15) is 10.5 Å². The summed E-state index contributed by atoms with van der Waals surface area (Å²) in [6.07, 6.45) is 1.55. The summed E-state index contributed by atoms with van der Waals surface area (Å²) in [6.45, 7) is 3.27. The molecule has 0 atom stereocenters. The van der Waals surface area contributed by atoms with Gasteiger partial charge < -0.3 is 14.5 Å². The summed E-state index contributed by atoms with van der Waals surface area (Å²) < 4.78 is 7.74. The van der Waals surface area contributed by atoms with Crippen molar-refractivity contribution in [3.63, 3.8) is 0 Å². The predicted octanol–water partition coefficient (Wildman–Crippen LogP) is 0.0990. The molecule has 1 aliphatic rings. The van der Waals surface area contributed by atoms with E-state index in [0.29, 0.717) is 50.2 Å². The number of methoxy groups -OCH3 is 1. The molecule has 1 aromatic carbocycles. The first-order valence-corrected chi connectivity index (χ1v) is 10.0. The van der Waals surface area contributed by atoms with E-state index >= 15 is 0 Å². The zero-order valence-electron chi connectivity index (χ0n) is 17.5. The number of aryl methyl sites for hydroxylation is 1. The molecule has 0 aliphatic carbocycles. The maximum Gasteiger partial charge on any atom is 0.274 e. The Morgan fingerprint density at radius 3 is 2.58 bits per heavy atom. The molecular formula is C21H24N6O4. The average molecular weight is 424 g/mol. The molecule has 0 radical (unpaired) electrons. The molecule has 1 aliphatic heterocycles. The second kappa shape index (κ2) is 8.68. The predicted molar refractivity (Wildman–Crippen MR) is 115 cm³/mol. The highest BCUT2D eigenvalue weighted by Crippen LogP contribution is 2.21. The Labute approximate surface area is 178 Å². The number of piperazine rings is 1. The van der Waals surface area contributed by atoms with Crippen LogP contribution >= 0.6 is 0 Å². The van der Waals surface area contributed by atoms with Crippen molar-refractivity contribution in [1.82, 2.24) is 24.2 Å². The number of anilines is 1. The molecule has 0 spiro atoms. The van der Waals surface area contributed by atoms with Gasteiger partial charge >= 0.3 is 0 Å². The van der Waals surface area contributed by atoms with E-state index in [0.717, 1.165) is 10.4 Å². The fourth-order valence-corrected chi connectivity index (χ4v) is 3.64. The summed E-state index contributed by atoms with van der Waals surface area (Å²) in [5.41, 5.74) is 1.52. The fraction of sp³-hybridized carbons (Fsp3) is 0.381. The summed E-state index contributed by atoms with van der Waals surface area (Å²) in [4.78, 5) is 45.1. The van der Waals surface area contributed by atoms with Crippen LogP contribution < -0.4 is 16.0 Å². The van der Waals surface area contributed by atoms with Gasteiger partial charge in [-0.25, -0.2) is 9.67 Å². The number of rotatable bonds is 5. The lowest BCUT2D eigenvalue weighted by Gasteiger charge is -2.36. The normalized spacial score (nSPS) is 14.3. The van der Waals surface area contributed by atoms with Crippen LogP contribution in [0, 0.1) is 0 Å². The lowest BCUT2D eigenvalue weighted by atomic mass is 10.2. The van der Waals surface area contributed by atoms with Crippen molar-refractivity contribution < 1.29 is 9.53 Å². The van der Waals surface area contributed by atoms with Crippen molar-refractivity contribution in [2.45, 2.75) is 6.54 Å². The third-order valence-corrected chi connectivity index (χ3v) is 5.46. The number of nitrogens with zero attached hydrogens (tertiary/aromatic N) is 6. The van der Waals surface area contributed by atoms with E-state index in [-0.39, 0.29) is 22.7 Å². The molecule has 162 valence electrons. The third kappa shape index (κ3) is 4.19. The zero-order chi connectivity index (χ0) is 22.0. The van der Waals surface area contributed by atoms with E-state index in [4.69, 9.17) is 4.74 Å². The van der Waals surface area contributed by atoms with E-state index < -0.39 is 0 Å². The average Bonchev–Trinajstić information content (AvgIpc) is 2.80. The van der Waals surface area contributed by atoms with Gasteiger partial charge in [0.2, 0.25) is 0 Å². The summed E-state index contributed by atoms with van der Waals surface area (Å²) in [7, 11) is 3.12. The molecule has 0 bridgehead atoms. The number of carbonyl (C=O) groups excluding carboxylic acids is 1. The zero-order valence-corrected chi connectivity index (χ0v) is 17.5. The summed E-state index contributed by atoms with van der Waals surface area (Å²) in [6, 6.07) is 8.43. The molecule has 1 saturated heterocycles. The van der Waals surface area contributed by atoms with E-state index in [9.17, 15) is 14.4 Å². The number of benzene rings is 1. The van der Waals surface area contributed by atoms with Crippen molar-refractivity contribution in [3.05, 3.63) is 63.1 Å². The molecule has 0 N–H and O–H groups in total. The van der Waals surface area contributed by atoms with Crippen LogP contribution in [0.2, 0.25) is 0 Å². The van der Waals surface area contributed by atoms with Crippen LogP contribution in [-0.4, -0.2) is 70.0 Å². The molecule has 4 rings (SSSR count). The molecule has 10 nitrogen and oxygen atoms in total. The van der Waals surface area contributed by atoms with Crippen molar-refractivity contribution >= 4 is 22.5 Å². The van der Waals surface area contributed by atoms with Crippen molar-refractivity contribution in [3.8, 4) is 0 Å². The van der Waals surface area contributed by atoms with E-state index in [1.807, 2.05) is 12.1 Å². The van der Waals surface area contributed by atoms with Crippen molar-refractivity contribution in [1.29, 1.82) is 0 Å². The van der Waals surface area contributed by atoms with Gasteiger partial charge in [-0.05, 0) is 24.3 Å². The van der Waals surface area contributed by atoms with Crippen LogP contribution in [0.25, 0.3) is 10.9 Å². The molecule has 2 aromatic heterocycles. The second-order valence-corrected chi connectivity index (χ2v) is 7.40. The number of amides is 1. The smallest absolute Gasteiger partial charge is 0.274 e. The highest BCUT2D eigenvalue weighted by molar-refractivity contribution is 5.92. The maximum atomic E-state index is 12.7. The molecule has 3 aromatic rings. The Morgan fingerprint density at radius 2 is 1.87 bits per heavy atom. The lowest BCUT2D eigenvalue weighted by molar-refractivity contribution is 0.0738. The SMILES string of the molecule is COCCn1cnc2cc(N3CCN(C(=O)c4ccc(=O)n(C)n4)CC3)ccc2c1=O. The summed E-state index contributed by atoms with van der Waals surface area (Å²) in [5.74, 6) is -0.188. The number of fused-ring (bicyclic) bond motifs is 1. The number of hydrogen-bond acceptors (Lipinski definition) is 7. The Morgan fingerprint density at radius 1 is 1.10 bits per heavy atom. The minimum atomic E-state index is -0.253. The standard InChI is InChI=1S/C21H24N6O4/c1-24-19(28)6-5-17(23-24)21(30)26-9-7-25(8-10-26)15-3-4-16-18(13-15)22-14-27(20(16)29)11-12-31-2/h3-6,13-14H,7-12H2,1-2H3. The van der Waals surface area contributed by atoms with E-state index in [1.54, 1.807) is 29.0 Å². The Hall–Kier alpha value is -3.53. The maximum absolute atomic E-state index is 12.7. The van der Waals surface area contributed by atoms with Gasteiger partial charge in [-0.3, -0.25) is 19.0 Å². The molecule has 1 amide bonds. The van der Waals surface area contributed by atoms with Crippen LogP contribution in [0.3, 0.4) is 0 Å². The Kier molecular flexibility index (Phi) is 5.81. The molecular weight excluding hydrogens is 400 g/mol. The van der Waals surface area contributed by atoms with Crippen LogP contribution in [0.15, 0.2) is 46.2 Å². The van der Waals surface area contributed by atoms with Gasteiger partial charge in [0.05, 0.1) is 30.4 Å². The van der Waals surface area contributed by atoms with Gasteiger partial charge in [0.15, 0.2) is 0 Å². The topological polar surface area (TPSA) is 103 Å². The largest absolute Gasteiger partial charge is 0.383 e. The minimum Gasteiger partial charge on any atom is -0.383 e. The summed E-state index contributed by atoms with van der Waals surface area (Å²) in [5, 5.41) is 4.61. The van der Waals surface area contributed by atoms with Crippen LogP contribution in [0.4, 0.5) is 5.69 Å². The van der Waals surface area contributed by atoms with Gasteiger partial charge in [0, 0.05) is 52.1 Å².